The van der Waals surface area contributed by atoms with Crippen LogP contribution in [0.4, 0.5) is 4.79 Å². The highest BCUT2D eigenvalue weighted by atomic mass is 16.6. The molecule has 0 N–H and O–H groups in total. The number of hydrogen-bond donors (Lipinski definition) is 0. The molecule has 3 saturated heterocycles. The van der Waals surface area contributed by atoms with E-state index >= 15 is 0 Å². The minimum atomic E-state index is -0.442. The van der Waals surface area contributed by atoms with Gasteiger partial charge in [-0.25, -0.2) is 4.79 Å². The summed E-state index contributed by atoms with van der Waals surface area (Å²) in [5.74, 6) is 0. The number of ether oxygens (including phenoxy) is 5. The molecule has 6 atom stereocenters. The van der Waals surface area contributed by atoms with Crippen molar-refractivity contribution < 1.29 is 28.5 Å². The van der Waals surface area contributed by atoms with Gasteiger partial charge in [-0.1, -0.05) is 91.0 Å². The Labute approximate surface area is 223 Å². The van der Waals surface area contributed by atoms with E-state index in [0.717, 1.165) is 16.7 Å². The Morgan fingerprint density at radius 2 is 1.29 bits per heavy atom. The summed E-state index contributed by atoms with van der Waals surface area (Å²) in [5, 5.41) is 0. The molecule has 38 heavy (non-hydrogen) atoms. The van der Waals surface area contributed by atoms with E-state index in [-0.39, 0.29) is 30.4 Å². The van der Waals surface area contributed by atoms with Gasteiger partial charge < -0.3 is 23.7 Å². The van der Waals surface area contributed by atoms with E-state index in [1.807, 2.05) is 95.9 Å². The van der Waals surface area contributed by atoms with Crippen LogP contribution in [-0.4, -0.2) is 60.7 Å². The Hall–Kier alpha value is -3.23. The first-order chi connectivity index (χ1) is 18.8. The average Bonchev–Trinajstić information content (AvgIpc) is 3.51. The third-order valence-corrected chi connectivity index (χ3v) is 7.55. The van der Waals surface area contributed by atoms with Crippen LogP contribution in [0.1, 0.15) is 23.1 Å². The summed E-state index contributed by atoms with van der Waals surface area (Å²) >= 11 is 0. The van der Waals surface area contributed by atoms with Gasteiger partial charge in [0, 0.05) is 0 Å². The SMILES string of the molecule is O=C1OC[C@@H]2C[C@H]3O[C@H](COCc4ccccc4)[C@@H](OCc4ccccc4)[C@H](OCc4ccccc4)[C@H]3N12. The second kappa shape index (κ2) is 11.7. The van der Waals surface area contributed by atoms with Crippen LogP contribution >= 0.6 is 0 Å². The number of amides is 1. The maximum absolute atomic E-state index is 12.8. The standard InChI is InChI=1S/C31H33NO6/c33-31-32-25(20-37-31)16-26-28(32)30(36-19-24-14-8-3-9-15-24)29(35-18-23-12-6-2-7-13-23)27(38-26)21-34-17-22-10-4-1-5-11-22/h1-15,25-30H,16-21H2/t25-,26+,27+,28-,29+,30+/m0/s1. The monoisotopic (exact) mass is 515 g/mol. The summed E-state index contributed by atoms with van der Waals surface area (Å²) in [6.45, 7) is 2.03. The molecule has 3 aliphatic rings. The minimum Gasteiger partial charge on any atom is -0.447 e. The topological polar surface area (TPSA) is 66.5 Å². The van der Waals surface area contributed by atoms with Crippen LogP contribution in [0.3, 0.4) is 0 Å². The Kier molecular flexibility index (Phi) is 7.69. The van der Waals surface area contributed by atoms with Crippen LogP contribution in [0.25, 0.3) is 0 Å². The lowest BCUT2D eigenvalue weighted by Gasteiger charge is -2.45. The van der Waals surface area contributed by atoms with E-state index in [1.54, 1.807) is 0 Å². The lowest BCUT2D eigenvalue weighted by Crippen LogP contribution is -2.62. The van der Waals surface area contributed by atoms with E-state index in [0.29, 0.717) is 39.5 Å². The van der Waals surface area contributed by atoms with Gasteiger partial charge in [0.2, 0.25) is 0 Å². The van der Waals surface area contributed by atoms with Crippen molar-refractivity contribution in [2.45, 2.75) is 62.7 Å². The normalized spacial score (nSPS) is 28.1. The molecule has 0 aromatic heterocycles. The van der Waals surface area contributed by atoms with E-state index in [4.69, 9.17) is 23.7 Å². The third kappa shape index (κ3) is 5.47. The van der Waals surface area contributed by atoms with Crippen molar-refractivity contribution in [1.29, 1.82) is 0 Å². The molecule has 0 radical (unpaired) electrons. The molecule has 7 heteroatoms. The Balaban J connectivity index is 1.25. The molecule has 3 fully saturated rings. The number of fused-ring (bicyclic) bond motifs is 3. The van der Waals surface area contributed by atoms with Crippen LogP contribution < -0.4 is 0 Å². The zero-order valence-corrected chi connectivity index (χ0v) is 21.3. The highest BCUT2D eigenvalue weighted by Crippen LogP contribution is 2.41. The smallest absolute Gasteiger partial charge is 0.410 e. The Morgan fingerprint density at radius 3 is 1.89 bits per heavy atom. The number of hydrogen-bond acceptors (Lipinski definition) is 6. The Bertz CT molecular complexity index is 1180. The predicted molar refractivity (Wildman–Crippen MR) is 140 cm³/mol. The van der Waals surface area contributed by atoms with Crippen molar-refractivity contribution in [2.75, 3.05) is 13.2 Å². The van der Waals surface area contributed by atoms with Crippen molar-refractivity contribution >= 4 is 6.09 Å². The fourth-order valence-corrected chi connectivity index (χ4v) is 5.75. The molecular weight excluding hydrogens is 482 g/mol. The van der Waals surface area contributed by atoms with E-state index in [1.165, 1.54) is 0 Å². The summed E-state index contributed by atoms with van der Waals surface area (Å²) in [6.07, 6.45) is -0.958. The number of rotatable bonds is 10. The van der Waals surface area contributed by atoms with Gasteiger partial charge in [0.25, 0.3) is 0 Å². The number of carbonyl (C=O) groups excluding carboxylic acids is 1. The van der Waals surface area contributed by atoms with Gasteiger partial charge >= 0.3 is 6.09 Å². The number of carbonyl (C=O) groups is 1. The minimum absolute atomic E-state index is 0.0147. The van der Waals surface area contributed by atoms with Crippen LogP contribution in [0.15, 0.2) is 91.0 Å². The lowest BCUT2D eigenvalue weighted by molar-refractivity contribution is -0.233. The van der Waals surface area contributed by atoms with Crippen LogP contribution in [0.2, 0.25) is 0 Å². The molecule has 7 nitrogen and oxygen atoms in total. The first-order valence-electron chi connectivity index (χ1n) is 13.3. The van der Waals surface area contributed by atoms with E-state index < -0.39 is 12.2 Å². The fourth-order valence-electron chi connectivity index (χ4n) is 5.75. The van der Waals surface area contributed by atoms with Gasteiger partial charge in [0.05, 0.1) is 44.6 Å². The molecule has 3 heterocycles. The van der Waals surface area contributed by atoms with Crippen molar-refractivity contribution in [3.05, 3.63) is 108 Å². The Morgan fingerprint density at radius 1 is 0.737 bits per heavy atom. The molecule has 3 aromatic rings. The largest absolute Gasteiger partial charge is 0.447 e. The van der Waals surface area contributed by atoms with Crippen LogP contribution in [0.5, 0.6) is 0 Å². The molecule has 0 saturated carbocycles. The molecule has 0 bridgehead atoms. The highest BCUT2D eigenvalue weighted by Gasteiger charge is 2.59. The van der Waals surface area contributed by atoms with Gasteiger partial charge in [-0.05, 0) is 23.1 Å². The molecule has 0 unspecified atom stereocenters. The molecule has 6 rings (SSSR count). The number of nitrogens with zero attached hydrogens (tertiary/aromatic N) is 1. The molecular formula is C31H33NO6. The number of cyclic esters (lactones) is 1. The first kappa shape index (κ1) is 25.1. The van der Waals surface area contributed by atoms with Gasteiger partial charge in [-0.15, -0.1) is 0 Å². The van der Waals surface area contributed by atoms with Crippen molar-refractivity contribution in [3.63, 3.8) is 0 Å². The fraction of sp³-hybridized carbons (Fsp3) is 0.387. The predicted octanol–water partition coefficient (Wildman–Crippen LogP) is 4.73. The van der Waals surface area contributed by atoms with Gasteiger partial charge in [-0.3, -0.25) is 4.90 Å². The summed E-state index contributed by atoms with van der Waals surface area (Å²) in [4.78, 5) is 14.6. The van der Waals surface area contributed by atoms with Crippen molar-refractivity contribution in [3.8, 4) is 0 Å². The van der Waals surface area contributed by atoms with Gasteiger partial charge in [-0.2, -0.15) is 0 Å². The first-order valence-corrected chi connectivity index (χ1v) is 13.3. The molecule has 0 spiro atoms. The van der Waals surface area contributed by atoms with Crippen LogP contribution in [-0.2, 0) is 43.5 Å². The molecule has 0 aliphatic carbocycles. The quantitative estimate of drug-likeness (QED) is 0.389. The zero-order chi connectivity index (χ0) is 25.7. The van der Waals surface area contributed by atoms with Crippen molar-refractivity contribution in [2.24, 2.45) is 0 Å². The summed E-state index contributed by atoms with van der Waals surface area (Å²) < 4.78 is 31.4. The van der Waals surface area contributed by atoms with Gasteiger partial charge in [0.15, 0.2) is 0 Å². The zero-order valence-electron chi connectivity index (χ0n) is 21.3. The molecule has 3 aromatic carbocycles. The molecule has 198 valence electrons. The summed E-state index contributed by atoms with van der Waals surface area (Å²) in [6, 6.07) is 29.9. The maximum atomic E-state index is 12.8. The second-order valence-electron chi connectivity index (χ2n) is 10.1. The van der Waals surface area contributed by atoms with E-state index in [9.17, 15) is 4.79 Å². The maximum Gasteiger partial charge on any atom is 0.410 e. The van der Waals surface area contributed by atoms with Gasteiger partial charge in [0.1, 0.15) is 24.9 Å². The second-order valence-corrected chi connectivity index (χ2v) is 10.1. The van der Waals surface area contributed by atoms with Crippen molar-refractivity contribution in [1.82, 2.24) is 4.90 Å². The van der Waals surface area contributed by atoms with E-state index in [2.05, 4.69) is 0 Å². The third-order valence-electron chi connectivity index (χ3n) is 7.55. The molecule has 3 aliphatic heterocycles. The summed E-state index contributed by atoms with van der Waals surface area (Å²) in [5.41, 5.74) is 3.22. The molecule has 1 amide bonds. The van der Waals surface area contributed by atoms with Crippen LogP contribution in [0, 0.1) is 0 Å². The summed E-state index contributed by atoms with van der Waals surface area (Å²) in [7, 11) is 0. The number of benzene rings is 3. The highest BCUT2D eigenvalue weighted by molar-refractivity contribution is 5.71. The average molecular weight is 516 g/mol. The lowest BCUT2D eigenvalue weighted by atomic mass is 9.92.